The molecule has 1 amide bonds. The third-order valence-electron chi connectivity index (χ3n) is 7.78. The molecule has 11 nitrogen and oxygen atoms in total. The number of amidine groups is 1. The molecule has 3 heterocycles. The van der Waals surface area contributed by atoms with Crippen LogP contribution in [0.3, 0.4) is 0 Å². The Morgan fingerprint density at radius 3 is 2.62 bits per heavy atom. The highest BCUT2D eigenvalue weighted by Gasteiger charge is 2.34. The van der Waals surface area contributed by atoms with Crippen molar-refractivity contribution in [3.8, 4) is 0 Å². The number of hydrogen-bond acceptors (Lipinski definition) is 9. The van der Waals surface area contributed by atoms with E-state index in [1.54, 1.807) is 7.05 Å². The number of nitrogens with two attached hydrogens (primary N) is 2. The maximum absolute atomic E-state index is 12.3. The number of anilines is 2. The zero-order chi connectivity index (χ0) is 28.8. The predicted molar refractivity (Wildman–Crippen MR) is 160 cm³/mol. The molecule has 0 unspecified atom stereocenters. The lowest BCUT2D eigenvalue weighted by atomic mass is 9.97. The first-order valence-corrected chi connectivity index (χ1v) is 14.5. The first kappa shape index (κ1) is 30.3. The fourth-order valence-corrected chi connectivity index (χ4v) is 6.06. The van der Waals surface area contributed by atoms with Crippen LogP contribution in [0.25, 0.3) is 0 Å². The van der Waals surface area contributed by atoms with Gasteiger partial charge in [0.05, 0.1) is 6.61 Å². The molecule has 1 aromatic carbocycles. The Morgan fingerprint density at radius 2 is 1.95 bits per heavy atom. The first-order valence-electron chi connectivity index (χ1n) is 13.7. The molecule has 0 aliphatic carbocycles. The third kappa shape index (κ3) is 6.95. The lowest BCUT2D eigenvalue weighted by Crippen LogP contribution is -2.58. The number of amides is 1. The molecule has 6 N–H and O–H groups in total. The van der Waals surface area contributed by atoms with Gasteiger partial charge in [-0.05, 0) is 50.0 Å². The van der Waals surface area contributed by atoms with Crippen LogP contribution in [0.1, 0.15) is 47.8 Å². The van der Waals surface area contributed by atoms with Crippen LogP contribution in [0.4, 0.5) is 11.6 Å². The van der Waals surface area contributed by atoms with Gasteiger partial charge in [0.15, 0.2) is 22.5 Å². The number of aliphatic imine (C=N–C) groups is 1. The van der Waals surface area contributed by atoms with E-state index in [2.05, 4.69) is 41.9 Å². The summed E-state index contributed by atoms with van der Waals surface area (Å²) in [7, 11) is 1.69. The summed E-state index contributed by atoms with van der Waals surface area (Å²) in [5.41, 5.74) is 14.2. The molecule has 218 valence electrons. The monoisotopic (exact) mass is 591 g/mol. The van der Waals surface area contributed by atoms with Crippen molar-refractivity contribution in [1.29, 1.82) is 0 Å². The van der Waals surface area contributed by atoms with Crippen molar-refractivity contribution in [3.63, 3.8) is 0 Å². The number of nitrogen functional groups attached to an aromatic ring is 1. The molecular formula is C27H39Cl2N9O2. The van der Waals surface area contributed by atoms with Crippen molar-refractivity contribution in [2.45, 2.75) is 44.8 Å². The number of aliphatic hydroxyl groups excluding tert-OH is 1. The number of halogens is 2. The molecular weight excluding hydrogens is 553 g/mol. The second-order valence-electron chi connectivity index (χ2n) is 10.2. The summed E-state index contributed by atoms with van der Waals surface area (Å²) in [6.07, 6.45) is 3.16. The number of likely N-dealkylation sites (tertiary alicyclic amines) is 1. The minimum absolute atomic E-state index is 0.0218. The summed E-state index contributed by atoms with van der Waals surface area (Å²) >= 11 is 12.7. The van der Waals surface area contributed by atoms with Gasteiger partial charge in [-0.1, -0.05) is 36.2 Å². The average Bonchev–Trinajstić information content (AvgIpc) is 2.97. The highest BCUT2D eigenvalue weighted by Crippen LogP contribution is 2.30. The molecule has 0 radical (unpaired) electrons. The SMILES string of the molecule is CC[C@H]1CN(c2nc(N)c(C(=O)NCCO)nc2Cl)CCN1C1CCN(Cc2ccc(Cl)cc2C(N)=NC)CC1. The van der Waals surface area contributed by atoms with Crippen molar-refractivity contribution in [2.24, 2.45) is 10.7 Å². The average molecular weight is 593 g/mol. The minimum atomic E-state index is -0.510. The highest BCUT2D eigenvalue weighted by atomic mass is 35.5. The van der Waals surface area contributed by atoms with Crippen LogP contribution in [0, 0.1) is 0 Å². The molecule has 2 aliphatic rings. The molecule has 2 aromatic rings. The van der Waals surface area contributed by atoms with E-state index in [9.17, 15) is 4.79 Å². The molecule has 0 spiro atoms. The van der Waals surface area contributed by atoms with Crippen LogP contribution in [-0.2, 0) is 6.54 Å². The van der Waals surface area contributed by atoms with Gasteiger partial charge in [0.25, 0.3) is 5.91 Å². The second-order valence-corrected chi connectivity index (χ2v) is 11.0. The summed E-state index contributed by atoms with van der Waals surface area (Å²) in [6, 6.07) is 6.68. The zero-order valence-electron chi connectivity index (χ0n) is 23.1. The van der Waals surface area contributed by atoms with Crippen molar-refractivity contribution < 1.29 is 9.90 Å². The van der Waals surface area contributed by atoms with Crippen molar-refractivity contribution in [2.75, 3.05) is 63.6 Å². The molecule has 0 bridgehead atoms. The molecule has 40 heavy (non-hydrogen) atoms. The number of aliphatic hydroxyl groups is 1. The Balaban J connectivity index is 1.37. The maximum atomic E-state index is 12.3. The summed E-state index contributed by atoms with van der Waals surface area (Å²) in [4.78, 5) is 32.3. The lowest BCUT2D eigenvalue weighted by molar-refractivity contribution is 0.0610. The number of hydrogen-bond donors (Lipinski definition) is 4. The maximum Gasteiger partial charge on any atom is 0.273 e. The van der Waals surface area contributed by atoms with Gasteiger partial charge in [-0.2, -0.15) is 0 Å². The van der Waals surface area contributed by atoms with E-state index in [1.165, 1.54) is 0 Å². The highest BCUT2D eigenvalue weighted by molar-refractivity contribution is 6.32. The topological polar surface area (TPSA) is 149 Å². The number of aromatic nitrogens is 2. The van der Waals surface area contributed by atoms with Gasteiger partial charge >= 0.3 is 0 Å². The van der Waals surface area contributed by atoms with Gasteiger partial charge in [0.1, 0.15) is 5.84 Å². The van der Waals surface area contributed by atoms with E-state index in [1.807, 2.05) is 18.2 Å². The number of benzene rings is 1. The van der Waals surface area contributed by atoms with Crippen molar-refractivity contribution in [3.05, 3.63) is 45.2 Å². The number of nitrogens with one attached hydrogen (secondary N) is 1. The van der Waals surface area contributed by atoms with Crippen LogP contribution >= 0.6 is 23.2 Å². The van der Waals surface area contributed by atoms with E-state index in [4.69, 9.17) is 39.8 Å². The normalized spacial score (nSPS) is 19.7. The summed E-state index contributed by atoms with van der Waals surface area (Å²) in [6.45, 7) is 7.31. The van der Waals surface area contributed by atoms with Gasteiger partial charge in [-0.3, -0.25) is 19.6 Å². The first-order chi connectivity index (χ1) is 19.2. The van der Waals surface area contributed by atoms with Crippen LogP contribution in [-0.4, -0.2) is 102 Å². The number of piperidine rings is 1. The van der Waals surface area contributed by atoms with Crippen LogP contribution in [0.5, 0.6) is 0 Å². The largest absolute Gasteiger partial charge is 0.395 e. The number of carbonyl (C=O) groups is 1. The van der Waals surface area contributed by atoms with Gasteiger partial charge < -0.3 is 26.8 Å². The molecule has 2 saturated heterocycles. The Labute approximate surface area is 245 Å². The van der Waals surface area contributed by atoms with Crippen LogP contribution in [0.2, 0.25) is 10.2 Å². The molecule has 1 aromatic heterocycles. The molecule has 2 fully saturated rings. The molecule has 1 atom stereocenters. The zero-order valence-corrected chi connectivity index (χ0v) is 24.6. The third-order valence-corrected chi connectivity index (χ3v) is 8.27. The van der Waals surface area contributed by atoms with Crippen LogP contribution < -0.4 is 21.7 Å². The lowest BCUT2D eigenvalue weighted by Gasteiger charge is -2.47. The van der Waals surface area contributed by atoms with Crippen molar-refractivity contribution >= 4 is 46.6 Å². The second kappa shape index (κ2) is 13.8. The molecule has 2 aliphatic heterocycles. The number of carbonyl (C=O) groups excluding carboxylic acids is 1. The number of piperazine rings is 1. The van der Waals surface area contributed by atoms with E-state index >= 15 is 0 Å². The molecule has 4 rings (SSSR count). The van der Waals surface area contributed by atoms with Gasteiger partial charge in [-0.25, -0.2) is 9.97 Å². The summed E-state index contributed by atoms with van der Waals surface area (Å²) in [5, 5.41) is 12.3. The van der Waals surface area contributed by atoms with Crippen molar-refractivity contribution in [1.82, 2.24) is 25.1 Å². The number of rotatable bonds is 9. The quantitative estimate of drug-likeness (QED) is 0.253. The Hall–Kier alpha value is -2.70. The Kier molecular flexibility index (Phi) is 10.4. The predicted octanol–water partition coefficient (Wildman–Crippen LogP) is 1.99. The molecule has 0 saturated carbocycles. The minimum Gasteiger partial charge on any atom is -0.395 e. The smallest absolute Gasteiger partial charge is 0.273 e. The summed E-state index contributed by atoms with van der Waals surface area (Å²) < 4.78 is 0. The fourth-order valence-electron chi connectivity index (χ4n) is 5.64. The van der Waals surface area contributed by atoms with E-state index < -0.39 is 5.91 Å². The molecule has 13 heteroatoms. The van der Waals surface area contributed by atoms with E-state index in [-0.39, 0.29) is 29.8 Å². The van der Waals surface area contributed by atoms with E-state index in [0.29, 0.717) is 28.8 Å². The van der Waals surface area contributed by atoms with Gasteiger partial charge in [0.2, 0.25) is 0 Å². The van der Waals surface area contributed by atoms with Gasteiger partial charge in [0, 0.05) is 62.4 Å². The number of nitrogens with zero attached hydrogens (tertiary/aromatic N) is 6. The Bertz CT molecular complexity index is 1220. The fraction of sp³-hybridized carbons (Fsp3) is 0.556. The van der Waals surface area contributed by atoms with Crippen LogP contribution in [0.15, 0.2) is 23.2 Å². The van der Waals surface area contributed by atoms with Gasteiger partial charge in [-0.15, -0.1) is 0 Å². The Morgan fingerprint density at radius 1 is 1.20 bits per heavy atom. The standard InChI is InChI=1S/C27H39Cl2N9O2/c1-3-19-16-37(26-23(29)34-22(25(31)35-26)27(40)33-8-13-39)11-12-38(19)20-6-9-36(10-7-20)15-17-4-5-18(28)14-21(17)24(30)32-2/h4-5,14,19-20,39H,3,6-13,15-16H2,1-2H3,(H2,30,32)(H2,31,35)(H,33,40)/t19-/m0/s1. The summed E-state index contributed by atoms with van der Waals surface area (Å²) in [5.74, 6) is 0.513. The van der Waals surface area contributed by atoms with E-state index in [0.717, 1.165) is 69.7 Å².